The number of hydrogen-bond acceptors (Lipinski definition) is 10. The highest BCUT2D eigenvalue weighted by molar-refractivity contribution is 7.14. The number of aryl methyl sites for hydroxylation is 2. The largest absolute Gasteiger partial charge is 0.497 e. The number of nitrogens with one attached hydrogen (secondary N) is 2. The topological polar surface area (TPSA) is 144 Å². The van der Waals surface area contributed by atoms with Crippen LogP contribution in [0.25, 0.3) is 22.2 Å². The predicted octanol–water partition coefficient (Wildman–Crippen LogP) is 5.30. The molecule has 0 bridgehead atoms. The van der Waals surface area contributed by atoms with Crippen molar-refractivity contribution in [1.29, 1.82) is 5.26 Å². The van der Waals surface area contributed by atoms with Crippen molar-refractivity contribution in [2.45, 2.75) is 33.7 Å². The molecule has 0 spiro atoms. The van der Waals surface area contributed by atoms with Crippen LogP contribution in [-0.4, -0.2) is 46.7 Å². The first-order chi connectivity index (χ1) is 20.0. The van der Waals surface area contributed by atoms with Crippen LogP contribution in [0.3, 0.4) is 0 Å². The zero-order valence-corrected chi connectivity index (χ0v) is 25.6. The summed E-state index contributed by atoms with van der Waals surface area (Å²) in [6.45, 7) is 5.95. The van der Waals surface area contributed by atoms with Crippen molar-refractivity contribution in [1.82, 2.24) is 19.5 Å². The number of ether oxygens (including phenoxy) is 2. The van der Waals surface area contributed by atoms with E-state index >= 15 is 0 Å². The van der Waals surface area contributed by atoms with Crippen molar-refractivity contribution in [2.75, 3.05) is 31.9 Å². The van der Waals surface area contributed by atoms with Crippen LogP contribution in [0.5, 0.6) is 11.5 Å². The molecule has 0 unspecified atom stereocenters. The van der Waals surface area contributed by atoms with Gasteiger partial charge in [0.15, 0.2) is 5.13 Å². The summed E-state index contributed by atoms with van der Waals surface area (Å²) in [5.74, 6) is 0.686. The second-order valence-corrected chi connectivity index (χ2v) is 11.5. The smallest absolute Gasteiger partial charge is 0.267 e. The van der Waals surface area contributed by atoms with Gasteiger partial charge >= 0.3 is 0 Å². The van der Waals surface area contributed by atoms with Crippen molar-refractivity contribution < 1.29 is 14.3 Å². The van der Waals surface area contributed by atoms with E-state index < -0.39 is 5.91 Å². The van der Waals surface area contributed by atoms with Crippen LogP contribution in [0.2, 0.25) is 5.02 Å². The molecule has 4 rings (SSSR count). The minimum absolute atomic E-state index is 0.0157. The molecule has 11 nitrogen and oxygen atoms in total. The number of nitrogens with zero attached hydrogens (tertiary/aromatic N) is 5. The second kappa shape index (κ2) is 12.6. The summed E-state index contributed by atoms with van der Waals surface area (Å²) in [6, 6.07) is 6.97. The molecule has 1 amide bonds. The van der Waals surface area contributed by atoms with Crippen molar-refractivity contribution >= 4 is 51.0 Å². The number of amides is 1. The summed E-state index contributed by atoms with van der Waals surface area (Å²) in [5.41, 5.74) is 1.22. The van der Waals surface area contributed by atoms with Gasteiger partial charge in [-0.2, -0.15) is 10.2 Å². The minimum Gasteiger partial charge on any atom is -0.497 e. The molecule has 2 N–H and O–H groups in total. The van der Waals surface area contributed by atoms with Gasteiger partial charge in [0.25, 0.3) is 11.5 Å². The van der Waals surface area contributed by atoms with Gasteiger partial charge in [0, 0.05) is 54.2 Å². The fraction of sp³-hybridized carbons (Fsp3) is 0.310. The molecule has 0 atom stereocenters. The molecule has 0 saturated carbocycles. The van der Waals surface area contributed by atoms with Crippen LogP contribution < -0.4 is 25.7 Å². The maximum atomic E-state index is 14.0. The quantitative estimate of drug-likeness (QED) is 0.191. The van der Waals surface area contributed by atoms with Crippen molar-refractivity contribution in [2.24, 2.45) is 5.41 Å². The molecule has 0 aliphatic rings. The number of methoxy groups -OCH3 is 2. The number of aromatic nitrogens is 4. The van der Waals surface area contributed by atoms with Crippen LogP contribution in [0.15, 0.2) is 46.2 Å². The van der Waals surface area contributed by atoms with Crippen LogP contribution in [0.1, 0.15) is 26.5 Å². The Kier molecular flexibility index (Phi) is 9.14. The minimum atomic E-state index is -0.523. The first-order valence-corrected chi connectivity index (χ1v) is 14.1. The molecule has 4 aromatic rings. The number of pyridine rings is 1. The molecular formula is C29H30ClN7O4S. The summed E-state index contributed by atoms with van der Waals surface area (Å²) in [7, 11) is 4.70. The number of benzene rings is 1. The van der Waals surface area contributed by atoms with E-state index in [1.54, 1.807) is 47.5 Å². The average molecular weight is 608 g/mol. The Morgan fingerprint density at radius 1 is 1.19 bits per heavy atom. The summed E-state index contributed by atoms with van der Waals surface area (Å²) in [4.78, 5) is 39.9. The van der Waals surface area contributed by atoms with Crippen LogP contribution >= 0.6 is 22.9 Å². The monoisotopic (exact) mass is 607 g/mol. The van der Waals surface area contributed by atoms with Crippen molar-refractivity contribution in [3.63, 3.8) is 0 Å². The Morgan fingerprint density at radius 2 is 1.95 bits per heavy atom. The zero-order chi connectivity index (χ0) is 30.6. The Bertz CT molecular complexity index is 1780. The van der Waals surface area contributed by atoms with Gasteiger partial charge in [-0.05, 0) is 17.5 Å². The molecule has 0 aliphatic heterocycles. The maximum absolute atomic E-state index is 14.0. The standard InChI is InChI=1S/C29H30ClN7O4S/c1-29(2,3)12-17(13-31)25(38)36-28-34-18(15-42-28)7-8-37-24-16(14-33-27(32-4)35-24)9-21(26(37)39)20-10-19(40-5)11-22(41-6)23(20)30/h9-12,14-15H,7-8H2,1-6H3,(H,32,33,35)(H,34,36,38)/b17-12+. The number of halogens is 1. The second-order valence-electron chi connectivity index (χ2n) is 10.3. The van der Waals surface area contributed by atoms with Gasteiger partial charge in [0.05, 0.1) is 24.9 Å². The molecule has 0 radical (unpaired) electrons. The van der Waals surface area contributed by atoms with Gasteiger partial charge in [-0.25, -0.2) is 9.97 Å². The van der Waals surface area contributed by atoms with Crippen LogP contribution in [0.4, 0.5) is 11.1 Å². The number of thiazole rings is 1. The van der Waals surface area contributed by atoms with E-state index in [4.69, 9.17) is 21.1 Å². The van der Waals surface area contributed by atoms with E-state index in [9.17, 15) is 14.9 Å². The third-order valence-electron chi connectivity index (χ3n) is 6.12. The molecule has 218 valence electrons. The van der Waals surface area contributed by atoms with Gasteiger partial charge in [-0.1, -0.05) is 38.4 Å². The normalized spacial score (nSPS) is 11.7. The molecule has 3 heterocycles. The summed E-state index contributed by atoms with van der Waals surface area (Å²) in [5, 5.41) is 18.1. The summed E-state index contributed by atoms with van der Waals surface area (Å²) >= 11 is 7.88. The fourth-order valence-electron chi connectivity index (χ4n) is 4.17. The summed E-state index contributed by atoms with van der Waals surface area (Å²) < 4.78 is 12.4. The van der Waals surface area contributed by atoms with Crippen molar-refractivity contribution in [3.8, 4) is 28.7 Å². The van der Waals surface area contributed by atoms with Gasteiger partial charge in [0.1, 0.15) is 28.8 Å². The number of rotatable bonds is 9. The van der Waals surface area contributed by atoms with E-state index in [-0.39, 0.29) is 28.1 Å². The number of anilines is 2. The Labute approximate surface area is 251 Å². The Morgan fingerprint density at radius 3 is 2.60 bits per heavy atom. The summed E-state index contributed by atoms with van der Waals surface area (Å²) in [6.07, 6.45) is 3.61. The molecule has 13 heteroatoms. The third-order valence-corrected chi connectivity index (χ3v) is 7.31. The van der Waals surface area contributed by atoms with E-state index in [2.05, 4.69) is 25.6 Å². The number of nitriles is 1. The number of carbonyl (C=O) groups is 1. The van der Waals surface area contributed by atoms with E-state index in [1.807, 2.05) is 26.8 Å². The van der Waals surface area contributed by atoms with Gasteiger partial charge in [0.2, 0.25) is 5.95 Å². The van der Waals surface area contributed by atoms with Gasteiger partial charge in [-0.15, -0.1) is 11.3 Å². The highest BCUT2D eigenvalue weighted by Crippen LogP contribution is 2.38. The maximum Gasteiger partial charge on any atom is 0.267 e. The van der Waals surface area contributed by atoms with E-state index in [1.165, 1.54) is 25.6 Å². The van der Waals surface area contributed by atoms with Crippen molar-refractivity contribution in [3.05, 3.63) is 62.5 Å². The third kappa shape index (κ3) is 6.70. The van der Waals surface area contributed by atoms with Crippen LogP contribution in [-0.2, 0) is 17.8 Å². The molecule has 42 heavy (non-hydrogen) atoms. The fourth-order valence-corrected chi connectivity index (χ4v) is 5.19. The molecule has 3 aromatic heterocycles. The molecule has 0 saturated heterocycles. The lowest BCUT2D eigenvalue weighted by Gasteiger charge is -2.15. The molecular weight excluding hydrogens is 578 g/mol. The number of carbonyl (C=O) groups excluding carboxylic acids is 1. The zero-order valence-electron chi connectivity index (χ0n) is 24.0. The lowest BCUT2D eigenvalue weighted by Crippen LogP contribution is -2.24. The first-order valence-electron chi connectivity index (χ1n) is 12.9. The average Bonchev–Trinajstić information content (AvgIpc) is 3.41. The number of allylic oxidation sites excluding steroid dienone is 1. The van der Waals surface area contributed by atoms with Gasteiger partial charge < -0.3 is 14.8 Å². The number of hydrogen-bond donors (Lipinski definition) is 2. The molecule has 0 fully saturated rings. The molecule has 0 aliphatic carbocycles. The lowest BCUT2D eigenvalue weighted by molar-refractivity contribution is -0.112. The van der Waals surface area contributed by atoms with Crippen LogP contribution in [0, 0.1) is 16.7 Å². The van der Waals surface area contributed by atoms with E-state index in [0.717, 1.165) is 0 Å². The number of fused-ring (bicyclic) bond motifs is 1. The highest BCUT2D eigenvalue weighted by Gasteiger charge is 2.20. The van der Waals surface area contributed by atoms with Gasteiger partial charge in [-0.3, -0.25) is 19.5 Å². The first kappa shape index (κ1) is 30.5. The predicted molar refractivity (Wildman–Crippen MR) is 164 cm³/mol. The molecule has 1 aromatic carbocycles. The highest BCUT2D eigenvalue weighted by atomic mass is 35.5. The van der Waals surface area contributed by atoms with E-state index in [0.29, 0.717) is 56.9 Å². The Hall–Kier alpha value is -4.47. The Balaban J connectivity index is 1.70. The SMILES string of the molecule is CNc1ncc2cc(-c3cc(OC)cc(OC)c3Cl)c(=O)n(CCc3csc(NC(=O)/C(C#N)=C/C(C)(C)C)n3)c2n1. The lowest BCUT2D eigenvalue weighted by atomic mass is 9.93.